The minimum Gasteiger partial charge on any atom is -0.454 e. The fraction of sp³-hybridized carbons (Fsp3) is 0.222. The fourth-order valence-corrected chi connectivity index (χ4v) is 1.18. The Balaban J connectivity index is 2.37. The van der Waals surface area contributed by atoms with E-state index >= 15 is 0 Å². The summed E-state index contributed by atoms with van der Waals surface area (Å²) in [6.07, 6.45) is 0. The summed E-state index contributed by atoms with van der Waals surface area (Å²) in [5.74, 6) is 0.978. The van der Waals surface area contributed by atoms with Crippen molar-refractivity contribution in [1.82, 2.24) is 0 Å². The smallest absolute Gasteiger partial charge is 0.308 e. The van der Waals surface area contributed by atoms with Crippen LogP contribution in [0, 0.1) is 0 Å². The van der Waals surface area contributed by atoms with Gasteiger partial charge in [-0.15, -0.1) is 0 Å². The number of carbonyl (C=O) groups excluding carboxylic acids is 1. The van der Waals surface area contributed by atoms with Crippen molar-refractivity contribution in [2.45, 2.75) is 6.92 Å². The molecule has 74 valence electrons. The topological polar surface area (TPSA) is 70.8 Å². The van der Waals surface area contributed by atoms with Crippen molar-refractivity contribution < 1.29 is 19.0 Å². The second kappa shape index (κ2) is 3.10. The molecule has 5 nitrogen and oxygen atoms in total. The Morgan fingerprint density at radius 3 is 2.71 bits per heavy atom. The highest BCUT2D eigenvalue weighted by molar-refractivity contribution is 5.73. The third-order valence-corrected chi connectivity index (χ3v) is 1.76. The summed E-state index contributed by atoms with van der Waals surface area (Å²) in [7, 11) is 0. The van der Waals surface area contributed by atoms with Gasteiger partial charge in [-0.3, -0.25) is 4.79 Å². The van der Waals surface area contributed by atoms with Gasteiger partial charge in [0.1, 0.15) is 0 Å². The second-order valence-electron chi connectivity index (χ2n) is 2.84. The lowest BCUT2D eigenvalue weighted by Gasteiger charge is -2.05. The van der Waals surface area contributed by atoms with E-state index in [9.17, 15) is 4.79 Å². The Hall–Kier alpha value is -1.91. The van der Waals surface area contributed by atoms with Gasteiger partial charge in [0, 0.05) is 19.1 Å². The average Bonchev–Trinajstić information content (AvgIpc) is 2.51. The number of hydrogen-bond acceptors (Lipinski definition) is 5. The summed E-state index contributed by atoms with van der Waals surface area (Å²) in [6, 6.07) is 3.11. The molecule has 0 saturated carbocycles. The Labute approximate surface area is 80.4 Å². The molecule has 5 heteroatoms. The Morgan fingerprint density at radius 1 is 1.43 bits per heavy atom. The van der Waals surface area contributed by atoms with Crippen LogP contribution in [0.15, 0.2) is 12.1 Å². The number of ether oxygens (including phenoxy) is 3. The molecule has 2 rings (SSSR count). The molecule has 0 aliphatic carbocycles. The molecule has 1 aliphatic heterocycles. The average molecular weight is 195 g/mol. The molecule has 1 heterocycles. The van der Waals surface area contributed by atoms with Crippen molar-refractivity contribution in [3.8, 4) is 17.2 Å². The first-order valence-corrected chi connectivity index (χ1v) is 4.04. The van der Waals surface area contributed by atoms with E-state index in [0.29, 0.717) is 22.9 Å². The van der Waals surface area contributed by atoms with Crippen LogP contribution in [-0.2, 0) is 4.79 Å². The maximum atomic E-state index is 10.7. The summed E-state index contributed by atoms with van der Waals surface area (Å²) < 4.78 is 15.1. The van der Waals surface area contributed by atoms with Crippen LogP contribution in [0.4, 0.5) is 5.69 Å². The highest BCUT2D eigenvalue weighted by Gasteiger charge is 2.17. The van der Waals surface area contributed by atoms with Gasteiger partial charge in [-0.1, -0.05) is 0 Å². The summed E-state index contributed by atoms with van der Waals surface area (Å²) in [5, 5.41) is 0. The van der Waals surface area contributed by atoms with Crippen molar-refractivity contribution in [3.05, 3.63) is 12.1 Å². The molecule has 0 atom stereocenters. The van der Waals surface area contributed by atoms with Crippen LogP contribution in [0.3, 0.4) is 0 Å². The number of esters is 1. The second-order valence-corrected chi connectivity index (χ2v) is 2.84. The summed E-state index contributed by atoms with van der Waals surface area (Å²) in [5.41, 5.74) is 5.98. The number of benzene rings is 1. The SMILES string of the molecule is CC(=O)Oc1cc2c(cc1N)OCO2. The fourth-order valence-electron chi connectivity index (χ4n) is 1.18. The molecule has 0 amide bonds. The third kappa shape index (κ3) is 1.44. The third-order valence-electron chi connectivity index (χ3n) is 1.76. The largest absolute Gasteiger partial charge is 0.454 e. The maximum Gasteiger partial charge on any atom is 0.308 e. The van der Waals surface area contributed by atoms with E-state index < -0.39 is 5.97 Å². The number of hydrogen-bond donors (Lipinski definition) is 1. The van der Waals surface area contributed by atoms with E-state index in [1.165, 1.54) is 6.92 Å². The lowest BCUT2D eigenvalue weighted by atomic mass is 10.2. The summed E-state index contributed by atoms with van der Waals surface area (Å²) >= 11 is 0. The standard InChI is InChI=1S/C9H9NO4/c1-5(11)14-7-3-9-8(2-6(7)10)12-4-13-9/h2-3H,4,10H2,1H3. The molecule has 1 aromatic rings. The van der Waals surface area contributed by atoms with Crippen LogP contribution in [-0.4, -0.2) is 12.8 Å². The van der Waals surface area contributed by atoms with Gasteiger partial charge in [0.05, 0.1) is 5.69 Å². The van der Waals surface area contributed by atoms with Crippen molar-refractivity contribution in [2.75, 3.05) is 12.5 Å². The molecule has 0 spiro atoms. The summed E-state index contributed by atoms with van der Waals surface area (Å²) in [4.78, 5) is 10.7. The van der Waals surface area contributed by atoms with E-state index in [1.807, 2.05) is 0 Å². The van der Waals surface area contributed by atoms with Crippen LogP contribution < -0.4 is 19.9 Å². The molecule has 0 radical (unpaired) electrons. The number of rotatable bonds is 1. The Morgan fingerprint density at radius 2 is 2.07 bits per heavy atom. The molecule has 0 aromatic heterocycles. The molecule has 14 heavy (non-hydrogen) atoms. The molecule has 0 unspecified atom stereocenters. The molecule has 1 aliphatic rings. The first kappa shape index (κ1) is 8.68. The van der Waals surface area contributed by atoms with Gasteiger partial charge in [0.2, 0.25) is 6.79 Å². The number of nitrogens with two attached hydrogens (primary N) is 1. The molecule has 0 fully saturated rings. The van der Waals surface area contributed by atoms with Crippen molar-refractivity contribution in [1.29, 1.82) is 0 Å². The molecule has 2 N–H and O–H groups in total. The monoisotopic (exact) mass is 195 g/mol. The van der Waals surface area contributed by atoms with Gasteiger partial charge in [0.25, 0.3) is 0 Å². The van der Waals surface area contributed by atoms with E-state index in [2.05, 4.69) is 0 Å². The van der Waals surface area contributed by atoms with Gasteiger partial charge in [-0.2, -0.15) is 0 Å². The number of anilines is 1. The van der Waals surface area contributed by atoms with E-state index in [1.54, 1.807) is 12.1 Å². The lowest BCUT2D eigenvalue weighted by molar-refractivity contribution is -0.131. The van der Waals surface area contributed by atoms with Gasteiger partial charge < -0.3 is 19.9 Å². The van der Waals surface area contributed by atoms with Crippen molar-refractivity contribution in [2.24, 2.45) is 0 Å². The quantitative estimate of drug-likeness (QED) is 0.410. The van der Waals surface area contributed by atoms with Crippen molar-refractivity contribution >= 4 is 11.7 Å². The first-order chi connectivity index (χ1) is 6.66. The highest BCUT2D eigenvalue weighted by Crippen LogP contribution is 2.39. The van der Waals surface area contributed by atoms with Crippen LogP contribution in [0.5, 0.6) is 17.2 Å². The maximum absolute atomic E-state index is 10.7. The van der Waals surface area contributed by atoms with E-state index in [-0.39, 0.29) is 6.79 Å². The van der Waals surface area contributed by atoms with Gasteiger partial charge in [-0.25, -0.2) is 0 Å². The minimum atomic E-state index is -0.421. The molecular formula is C9H9NO4. The zero-order valence-electron chi connectivity index (χ0n) is 7.57. The van der Waals surface area contributed by atoms with Crippen LogP contribution in [0.25, 0.3) is 0 Å². The van der Waals surface area contributed by atoms with Gasteiger partial charge in [-0.05, 0) is 0 Å². The molecular weight excluding hydrogens is 186 g/mol. The normalized spacial score (nSPS) is 12.6. The zero-order valence-corrected chi connectivity index (χ0v) is 7.57. The lowest BCUT2D eigenvalue weighted by Crippen LogP contribution is -2.03. The Bertz CT molecular complexity index is 389. The van der Waals surface area contributed by atoms with E-state index in [4.69, 9.17) is 19.9 Å². The highest BCUT2D eigenvalue weighted by atomic mass is 16.7. The van der Waals surface area contributed by atoms with Gasteiger partial charge in [0.15, 0.2) is 17.2 Å². The predicted molar refractivity (Wildman–Crippen MR) is 48.3 cm³/mol. The van der Waals surface area contributed by atoms with Crippen LogP contribution in [0.2, 0.25) is 0 Å². The van der Waals surface area contributed by atoms with Crippen molar-refractivity contribution in [3.63, 3.8) is 0 Å². The molecule has 0 saturated heterocycles. The van der Waals surface area contributed by atoms with Gasteiger partial charge >= 0.3 is 5.97 Å². The number of nitrogen functional groups attached to an aromatic ring is 1. The predicted octanol–water partition coefficient (Wildman–Crippen LogP) is 0.923. The number of fused-ring (bicyclic) bond motifs is 1. The first-order valence-electron chi connectivity index (χ1n) is 4.04. The molecule has 1 aromatic carbocycles. The van der Waals surface area contributed by atoms with Crippen LogP contribution >= 0.6 is 0 Å². The Kier molecular flexibility index (Phi) is 1.92. The van der Waals surface area contributed by atoms with Crippen LogP contribution in [0.1, 0.15) is 6.92 Å². The summed E-state index contributed by atoms with van der Waals surface area (Å²) in [6.45, 7) is 1.47. The van der Waals surface area contributed by atoms with E-state index in [0.717, 1.165) is 0 Å². The number of carbonyl (C=O) groups is 1. The minimum absolute atomic E-state index is 0.165. The molecule has 0 bridgehead atoms. The zero-order chi connectivity index (χ0) is 10.1.